The van der Waals surface area contributed by atoms with Crippen LogP contribution in [0.1, 0.15) is 11.1 Å². The van der Waals surface area contributed by atoms with E-state index in [1.165, 1.54) is 24.3 Å². The molecule has 0 saturated carbocycles. The number of amidine groups is 1. The SMILES string of the molecule is N/C(=N/O)c1cccc(COc2ccc(F)cc2Cl)c1F. The fraction of sp³-hybridized carbons (Fsp3) is 0.0714. The van der Waals surface area contributed by atoms with Gasteiger partial charge in [0.1, 0.15) is 24.0 Å². The molecule has 0 aliphatic heterocycles. The van der Waals surface area contributed by atoms with Gasteiger partial charge >= 0.3 is 0 Å². The van der Waals surface area contributed by atoms with Gasteiger partial charge in [-0.05, 0) is 24.3 Å². The topological polar surface area (TPSA) is 67.8 Å². The number of ether oxygens (including phenoxy) is 1. The summed E-state index contributed by atoms with van der Waals surface area (Å²) in [5.41, 5.74) is 5.52. The quantitative estimate of drug-likeness (QED) is 0.394. The van der Waals surface area contributed by atoms with Crippen LogP contribution in [0.4, 0.5) is 8.78 Å². The van der Waals surface area contributed by atoms with Crippen LogP contribution in [-0.2, 0) is 6.61 Å². The molecule has 3 N–H and O–H groups in total. The van der Waals surface area contributed by atoms with E-state index in [1.54, 1.807) is 6.07 Å². The number of benzene rings is 2. The van der Waals surface area contributed by atoms with E-state index in [0.717, 1.165) is 6.07 Å². The van der Waals surface area contributed by atoms with Crippen LogP contribution in [0.3, 0.4) is 0 Å². The summed E-state index contributed by atoms with van der Waals surface area (Å²) >= 11 is 5.81. The molecule has 0 radical (unpaired) electrons. The van der Waals surface area contributed by atoms with Gasteiger partial charge in [-0.2, -0.15) is 0 Å². The number of nitrogens with zero attached hydrogens (tertiary/aromatic N) is 1. The smallest absolute Gasteiger partial charge is 0.173 e. The van der Waals surface area contributed by atoms with Crippen LogP contribution >= 0.6 is 11.6 Å². The monoisotopic (exact) mass is 312 g/mol. The van der Waals surface area contributed by atoms with Gasteiger partial charge in [-0.3, -0.25) is 0 Å². The molecule has 2 aromatic rings. The second-order valence-electron chi connectivity index (χ2n) is 4.13. The lowest BCUT2D eigenvalue weighted by molar-refractivity contribution is 0.299. The van der Waals surface area contributed by atoms with Crippen molar-refractivity contribution in [1.82, 2.24) is 0 Å². The van der Waals surface area contributed by atoms with Gasteiger partial charge in [-0.1, -0.05) is 28.9 Å². The summed E-state index contributed by atoms with van der Waals surface area (Å²) in [6, 6.07) is 8.04. The van der Waals surface area contributed by atoms with Crippen molar-refractivity contribution >= 4 is 17.4 Å². The van der Waals surface area contributed by atoms with Crippen LogP contribution in [-0.4, -0.2) is 11.0 Å². The van der Waals surface area contributed by atoms with Gasteiger partial charge in [-0.15, -0.1) is 0 Å². The predicted molar refractivity (Wildman–Crippen MR) is 74.7 cm³/mol. The number of hydrogen-bond acceptors (Lipinski definition) is 3. The van der Waals surface area contributed by atoms with Gasteiger partial charge in [0, 0.05) is 5.56 Å². The highest BCUT2D eigenvalue weighted by molar-refractivity contribution is 6.32. The second-order valence-corrected chi connectivity index (χ2v) is 4.53. The number of nitrogens with two attached hydrogens (primary N) is 1. The van der Waals surface area contributed by atoms with Crippen LogP contribution in [0, 0.1) is 11.6 Å². The second kappa shape index (κ2) is 6.41. The Hall–Kier alpha value is -2.34. The van der Waals surface area contributed by atoms with Gasteiger partial charge in [0.25, 0.3) is 0 Å². The van der Waals surface area contributed by atoms with E-state index in [0.29, 0.717) is 0 Å². The summed E-state index contributed by atoms with van der Waals surface area (Å²) in [6.45, 7) is -0.135. The molecule has 0 fully saturated rings. The summed E-state index contributed by atoms with van der Waals surface area (Å²) in [5.74, 6) is -1.26. The van der Waals surface area contributed by atoms with E-state index < -0.39 is 11.6 Å². The highest BCUT2D eigenvalue weighted by Crippen LogP contribution is 2.26. The third-order valence-electron chi connectivity index (χ3n) is 2.74. The minimum Gasteiger partial charge on any atom is -0.487 e. The molecular formula is C14H11ClF2N2O2. The Kier molecular flexibility index (Phi) is 4.59. The normalized spacial score (nSPS) is 11.5. The highest BCUT2D eigenvalue weighted by Gasteiger charge is 2.12. The fourth-order valence-corrected chi connectivity index (χ4v) is 1.91. The van der Waals surface area contributed by atoms with Crippen LogP contribution in [0.2, 0.25) is 5.02 Å². The average molecular weight is 313 g/mol. The Balaban J connectivity index is 2.21. The van der Waals surface area contributed by atoms with E-state index >= 15 is 0 Å². The summed E-state index contributed by atoms with van der Waals surface area (Å²) in [4.78, 5) is 0. The standard InChI is InChI=1S/C14H11ClF2N2O2/c15-11-6-9(16)4-5-12(11)21-7-8-2-1-3-10(13(8)17)14(18)19-20/h1-6,20H,7H2,(H2,18,19). The Morgan fingerprint density at radius 1 is 1.29 bits per heavy atom. The molecule has 0 heterocycles. The zero-order valence-corrected chi connectivity index (χ0v) is 11.4. The molecule has 0 spiro atoms. The van der Waals surface area contributed by atoms with Crippen molar-refractivity contribution in [3.05, 3.63) is 64.2 Å². The van der Waals surface area contributed by atoms with E-state index in [1.807, 2.05) is 0 Å². The van der Waals surface area contributed by atoms with Crippen LogP contribution in [0.5, 0.6) is 5.75 Å². The van der Waals surface area contributed by atoms with Gasteiger partial charge < -0.3 is 15.7 Å². The maximum Gasteiger partial charge on any atom is 0.173 e. The van der Waals surface area contributed by atoms with E-state index in [9.17, 15) is 8.78 Å². The van der Waals surface area contributed by atoms with Crippen molar-refractivity contribution in [1.29, 1.82) is 0 Å². The largest absolute Gasteiger partial charge is 0.487 e. The Morgan fingerprint density at radius 3 is 2.71 bits per heavy atom. The molecule has 0 aliphatic rings. The van der Waals surface area contributed by atoms with Crippen molar-refractivity contribution < 1.29 is 18.7 Å². The highest BCUT2D eigenvalue weighted by atomic mass is 35.5. The van der Waals surface area contributed by atoms with Crippen LogP contribution < -0.4 is 10.5 Å². The zero-order valence-electron chi connectivity index (χ0n) is 10.7. The maximum absolute atomic E-state index is 14.1. The zero-order chi connectivity index (χ0) is 15.4. The molecule has 0 unspecified atom stereocenters. The molecule has 0 atom stereocenters. The van der Waals surface area contributed by atoms with Crippen LogP contribution in [0.25, 0.3) is 0 Å². The molecule has 21 heavy (non-hydrogen) atoms. The molecule has 2 aromatic carbocycles. The number of oxime groups is 1. The molecule has 2 rings (SSSR count). The first-order chi connectivity index (χ1) is 10.0. The molecule has 0 amide bonds. The maximum atomic E-state index is 14.1. The summed E-state index contributed by atoms with van der Waals surface area (Å²) in [6.07, 6.45) is 0. The summed E-state index contributed by atoms with van der Waals surface area (Å²) in [5, 5.41) is 11.4. The minimum atomic E-state index is -0.661. The van der Waals surface area contributed by atoms with Crippen molar-refractivity contribution in [3.63, 3.8) is 0 Å². The molecule has 7 heteroatoms. The number of hydrogen-bond donors (Lipinski definition) is 2. The Labute approximate surface area is 124 Å². The molecule has 110 valence electrons. The lowest BCUT2D eigenvalue weighted by Gasteiger charge is -2.10. The molecule has 4 nitrogen and oxygen atoms in total. The lowest BCUT2D eigenvalue weighted by atomic mass is 10.1. The third-order valence-corrected chi connectivity index (χ3v) is 3.03. The third kappa shape index (κ3) is 3.41. The number of halogens is 3. The molecule has 0 aromatic heterocycles. The Morgan fingerprint density at radius 2 is 2.05 bits per heavy atom. The van der Waals surface area contributed by atoms with Crippen molar-refractivity contribution in [3.8, 4) is 5.75 Å². The van der Waals surface area contributed by atoms with E-state index in [4.69, 9.17) is 27.3 Å². The van der Waals surface area contributed by atoms with Crippen molar-refractivity contribution in [2.75, 3.05) is 0 Å². The summed E-state index contributed by atoms with van der Waals surface area (Å²) < 4.78 is 32.4. The first-order valence-corrected chi connectivity index (χ1v) is 6.24. The molecular weight excluding hydrogens is 302 g/mol. The number of rotatable bonds is 4. The fourth-order valence-electron chi connectivity index (χ4n) is 1.69. The lowest BCUT2D eigenvalue weighted by Crippen LogP contribution is -2.16. The average Bonchev–Trinajstić information content (AvgIpc) is 2.47. The molecule has 0 aliphatic carbocycles. The first-order valence-electron chi connectivity index (χ1n) is 5.86. The first kappa shape index (κ1) is 15.1. The van der Waals surface area contributed by atoms with Gasteiger partial charge in [-0.25, -0.2) is 8.78 Å². The molecule has 0 bridgehead atoms. The van der Waals surface area contributed by atoms with Crippen LogP contribution in [0.15, 0.2) is 41.6 Å². The minimum absolute atomic E-state index is 0.0381. The van der Waals surface area contributed by atoms with Crippen molar-refractivity contribution in [2.45, 2.75) is 6.61 Å². The van der Waals surface area contributed by atoms with Gasteiger partial charge in [0.05, 0.1) is 10.6 Å². The molecule has 0 saturated heterocycles. The summed E-state index contributed by atoms with van der Waals surface area (Å²) in [7, 11) is 0. The van der Waals surface area contributed by atoms with Crippen molar-refractivity contribution in [2.24, 2.45) is 10.9 Å². The van der Waals surface area contributed by atoms with Gasteiger partial charge in [0.2, 0.25) is 0 Å². The van der Waals surface area contributed by atoms with E-state index in [-0.39, 0.29) is 34.3 Å². The Bertz CT molecular complexity index is 693. The predicted octanol–water partition coefficient (Wildman–Crippen LogP) is 3.29. The van der Waals surface area contributed by atoms with E-state index in [2.05, 4.69) is 5.16 Å². The van der Waals surface area contributed by atoms with Gasteiger partial charge in [0.15, 0.2) is 5.84 Å².